The van der Waals surface area contributed by atoms with Crippen molar-refractivity contribution < 1.29 is 36.5 Å². The summed E-state index contributed by atoms with van der Waals surface area (Å²) in [5.74, 6) is -1.99. The van der Waals surface area contributed by atoms with Gasteiger partial charge in [-0.05, 0) is 37.1 Å². The van der Waals surface area contributed by atoms with Crippen LogP contribution in [-0.2, 0) is 51.4 Å². The molecule has 0 spiro atoms. The van der Waals surface area contributed by atoms with Crippen LogP contribution in [0.15, 0.2) is 89.8 Å². The number of amides is 1. The van der Waals surface area contributed by atoms with Gasteiger partial charge in [0.25, 0.3) is 16.0 Å². The first kappa shape index (κ1) is 28.0. The molecule has 1 unspecified atom stereocenters. The number of benzene rings is 3. The summed E-state index contributed by atoms with van der Waals surface area (Å²) in [6.07, 6.45) is -3.65. The van der Waals surface area contributed by atoms with Crippen molar-refractivity contribution in [2.45, 2.75) is 44.2 Å². The van der Waals surface area contributed by atoms with Gasteiger partial charge in [-0.15, -0.1) is 0 Å². The SMILES string of the molecule is CCOC(=O)[C@H](OS(=O)(=O)c1ccc(C)cc1)C(OCc1ccccc1)C(=O)NOCc1ccccc1. The van der Waals surface area contributed by atoms with Crippen LogP contribution >= 0.6 is 0 Å². The maximum atomic E-state index is 13.1. The fraction of sp³-hybridized carbons (Fsp3) is 0.259. The Morgan fingerprint density at radius 3 is 1.95 bits per heavy atom. The van der Waals surface area contributed by atoms with Crippen molar-refractivity contribution in [1.82, 2.24) is 5.48 Å². The Labute approximate surface area is 216 Å². The van der Waals surface area contributed by atoms with Crippen LogP contribution in [0.4, 0.5) is 0 Å². The average Bonchev–Trinajstić information content (AvgIpc) is 2.89. The van der Waals surface area contributed by atoms with Gasteiger partial charge in [0, 0.05) is 0 Å². The Balaban J connectivity index is 1.85. The summed E-state index contributed by atoms with van der Waals surface area (Å²) in [5.41, 5.74) is 4.54. The second kappa shape index (κ2) is 13.7. The maximum Gasteiger partial charge on any atom is 0.340 e. The summed E-state index contributed by atoms with van der Waals surface area (Å²) in [6.45, 7) is 3.20. The van der Waals surface area contributed by atoms with Gasteiger partial charge in [-0.1, -0.05) is 78.4 Å². The van der Waals surface area contributed by atoms with Gasteiger partial charge in [0.2, 0.25) is 6.10 Å². The molecule has 0 aromatic heterocycles. The highest BCUT2D eigenvalue weighted by Gasteiger charge is 2.41. The standard InChI is InChI=1S/C27H29NO8S/c1-3-33-27(30)25(36-37(31,32)23-16-14-20(2)15-17-23)24(34-18-21-10-6-4-7-11-21)26(29)28-35-19-22-12-8-5-9-13-22/h4-17,24-25H,3,18-19H2,1-2H3,(H,28,29)/t24?,25-/m1/s1. The smallest absolute Gasteiger partial charge is 0.340 e. The minimum absolute atomic E-state index is 0.0323. The first-order chi connectivity index (χ1) is 17.8. The van der Waals surface area contributed by atoms with E-state index in [1.54, 1.807) is 62.4 Å². The molecule has 196 valence electrons. The predicted molar refractivity (Wildman–Crippen MR) is 134 cm³/mol. The second-order valence-electron chi connectivity index (χ2n) is 7.99. The van der Waals surface area contributed by atoms with Gasteiger partial charge in [0.15, 0.2) is 6.10 Å². The van der Waals surface area contributed by atoms with E-state index in [1.807, 2.05) is 24.3 Å². The molecule has 37 heavy (non-hydrogen) atoms. The van der Waals surface area contributed by atoms with Gasteiger partial charge >= 0.3 is 5.97 Å². The molecule has 0 bridgehead atoms. The van der Waals surface area contributed by atoms with Crippen molar-refractivity contribution in [3.05, 3.63) is 102 Å². The number of hydrogen-bond acceptors (Lipinski definition) is 8. The lowest BCUT2D eigenvalue weighted by Crippen LogP contribution is -2.50. The molecule has 9 nitrogen and oxygen atoms in total. The van der Waals surface area contributed by atoms with Gasteiger partial charge in [-0.3, -0.25) is 9.63 Å². The fourth-order valence-electron chi connectivity index (χ4n) is 3.22. The summed E-state index contributed by atoms with van der Waals surface area (Å²) >= 11 is 0. The lowest BCUT2D eigenvalue weighted by molar-refractivity contribution is -0.170. The fourth-order valence-corrected chi connectivity index (χ4v) is 4.25. The Kier molecular flexibility index (Phi) is 10.3. The summed E-state index contributed by atoms with van der Waals surface area (Å²) in [7, 11) is -4.47. The topological polar surface area (TPSA) is 117 Å². The van der Waals surface area contributed by atoms with E-state index < -0.39 is 34.2 Å². The third-order valence-corrected chi connectivity index (χ3v) is 6.43. The Morgan fingerprint density at radius 2 is 1.38 bits per heavy atom. The first-order valence-corrected chi connectivity index (χ1v) is 13.0. The van der Waals surface area contributed by atoms with E-state index in [2.05, 4.69) is 5.48 Å². The molecule has 3 aromatic carbocycles. The highest BCUT2D eigenvalue weighted by atomic mass is 32.2. The number of ether oxygens (including phenoxy) is 2. The van der Waals surface area contributed by atoms with Crippen molar-refractivity contribution >= 4 is 22.0 Å². The van der Waals surface area contributed by atoms with Gasteiger partial charge < -0.3 is 9.47 Å². The molecular weight excluding hydrogens is 498 g/mol. The third-order valence-electron chi connectivity index (χ3n) is 5.12. The minimum atomic E-state index is -4.47. The summed E-state index contributed by atoms with van der Waals surface area (Å²) < 4.78 is 42.1. The lowest BCUT2D eigenvalue weighted by Gasteiger charge is -2.24. The van der Waals surface area contributed by atoms with Crippen LogP contribution in [0.1, 0.15) is 23.6 Å². The van der Waals surface area contributed by atoms with E-state index in [0.29, 0.717) is 5.56 Å². The highest BCUT2D eigenvalue weighted by molar-refractivity contribution is 7.86. The average molecular weight is 528 g/mol. The quantitative estimate of drug-likeness (QED) is 0.204. The molecular formula is C27H29NO8S. The van der Waals surface area contributed by atoms with Crippen LogP contribution in [0, 0.1) is 6.92 Å². The predicted octanol–water partition coefficient (Wildman–Crippen LogP) is 3.47. The third kappa shape index (κ3) is 8.50. The number of rotatable bonds is 13. The molecule has 2 atom stereocenters. The molecule has 0 aliphatic rings. The monoisotopic (exact) mass is 527 g/mol. The van der Waals surface area contributed by atoms with E-state index in [-0.39, 0.29) is 24.7 Å². The lowest BCUT2D eigenvalue weighted by atomic mass is 10.2. The molecule has 10 heteroatoms. The van der Waals surface area contributed by atoms with Gasteiger partial charge in [-0.2, -0.15) is 8.42 Å². The van der Waals surface area contributed by atoms with Crippen LogP contribution in [-0.4, -0.2) is 39.1 Å². The van der Waals surface area contributed by atoms with E-state index in [4.69, 9.17) is 18.5 Å². The Hall–Kier alpha value is -3.57. The van der Waals surface area contributed by atoms with Gasteiger partial charge in [0.05, 0.1) is 24.7 Å². The number of esters is 1. The largest absolute Gasteiger partial charge is 0.464 e. The second-order valence-corrected chi connectivity index (χ2v) is 9.57. The zero-order valence-corrected chi connectivity index (χ0v) is 21.3. The first-order valence-electron chi connectivity index (χ1n) is 11.6. The van der Waals surface area contributed by atoms with E-state index in [9.17, 15) is 18.0 Å². The van der Waals surface area contributed by atoms with Crippen molar-refractivity contribution in [2.24, 2.45) is 0 Å². The highest BCUT2D eigenvalue weighted by Crippen LogP contribution is 2.20. The number of nitrogens with one attached hydrogen (secondary N) is 1. The normalized spacial score (nSPS) is 12.9. The molecule has 3 aromatic rings. The Morgan fingerprint density at radius 1 is 0.811 bits per heavy atom. The van der Waals surface area contributed by atoms with Crippen molar-refractivity contribution in [3.63, 3.8) is 0 Å². The minimum Gasteiger partial charge on any atom is -0.464 e. The summed E-state index contributed by atoms with van der Waals surface area (Å²) in [4.78, 5) is 31.1. The van der Waals surface area contributed by atoms with Crippen LogP contribution < -0.4 is 5.48 Å². The number of hydroxylamine groups is 1. The van der Waals surface area contributed by atoms with Crippen LogP contribution in [0.3, 0.4) is 0 Å². The van der Waals surface area contributed by atoms with Crippen molar-refractivity contribution in [1.29, 1.82) is 0 Å². The zero-order chi connectivity index (χ0) is 26.7. The summed E-state index contributed by atoms with van der Waals surface area (Å²) in [6, 6.07) is 23.8. The molecule has 1 amide bonds. The van der Waals surface area contributed by atoms with E-state index >= 15 is 0 Å². The molecule has 0 radical (unpaired) electrons. The zero-order valence-electron chi connectivity index (χ0n) is 20.5. The maximum absolute atomic E-state index is 13.1. The van der Waals surface area contributed by atoms with Crippen LogP contribution in [0.5, 0.6) is 0 Å². The number of hydrogen-bond donors (Lipinski definition) is 1. The van der Waals surface area contributed by atoms with E-state index in [0.717, 1.165) is 11.1 Å². The molecule has 3 rings (SSSR count). The van der Waals surface area contributed by atoms with Crippen molar-refractivity contribution in [2.75, 3.05) is 6.61 Å². The summed E-state index contributed by atoms with van der Waals surface area (Å²) in [5, 5.41) is 0. The van der Waals surface area contributed by atoms with E-state index in [1.165, 1.54) is 12.1 Å². The van der Waals surface area contributed by atoms with Crippen LogP contribution in [0.2, 0.25) is 0 Å². The molecule has 0 saturated heterocycles. The Bertz CT molecular complexity index is 1250. The molecule has 0 heterocycles. The van der Waals surface area contributed by atoms with Crippen molar-refractivity contribution in [3.8, 4) is 0 Å². The number of carbonyl (C=O) groups is 2. The molecule has 1 N–H and O–H groups in total. The molecule has 0 saturated carbocycles. The molecule has 0 aliphatic carbocycles. The van der Waals surface area contributed by atoms with Gasteiger partial charge in [-0.25, -0.2) is 14.5 Å². The number of aryl methyl sites for hydroxylation is 1. The van der Waals surface area contributed by atoms with Gasteiger partial charge in [0.1, 0.15) is 0 Å². The number of carbonyl (C=O) groups excluding carboxylic acids is 2. The molecule has 0 aliphatic heterocycles. The van der Waals surface area contributed by atoms with Crippen LogP contribution in [0.25, 0.3) is 0 Å². The molecule has 0 fully saturated rings.